The van der Waals surface area contributed by atoms with Gasteiger partial charge in [-0.3, -0.25) is 9.79 Å². The number of aliphatic imine (C=N–C) groups is 1. The molecule has 1 fully saturated rings. The molecule has 0 aromatic rings. The zero-order valence-corrected chi connectivity index (χ0v) is 21.5. The fourth-order valence-corrected chi connectivity index (χ4v) is 4.06. The van der Waals surface area contributed by atoms with Crippen molar-refractivity contribution in [1.29, 1.82) is 0 Å². The topological polar surface area (TPSA) is 103 Å². The lowest BCUT2D eigenvalue weighted by Crippen LogP contribution is -2.54. The number of sulfonamides is 1. The minimum absolute atomic E-state index is 0. The molecule has 11 heteroatoms. The molecule has 1 rings (SSSR count). The van der Waals surface area contributed by atoms with Gasteiger partial charge in [-0.05, 0) is 34.6 Å². The number of hydrogen-bond donors (Lipinski definition) is 2. The molecule has 0 atom stereocenters. The third kappa shape index (κ3) is 11.3. The van der Waals surface area contributed by atoms with Crippen LogP contribution in [-0.4, -0.2) is 93.3 Å². The number of rotatable bonds is 10. The maximum atomic E-state index is 12.4. The van der Waals surface area contributed by atoms with Crippen LogP contribution in [0.15, 0.2) is 4.99 Å². The number of ether oxygens (including phenoxy) is 1. The van der Waals surface area contributed by atoms with E-state index in [0.29, 0.717) is 45.7 Å². The Bertz CT molecular complexity index is 605. The lowest BCUT2D eigenvalue weighted by molar-refractivity contribution is -0.121. The van der Waals surface area contributed by atoms with E-state index in [-0.39, 0.29) is 54.4 Å². The second-order valence-electron chi connectivity index (χ2n) is 7.33. The van der Waals surface area contributed by atoms with Gasteiger partial charge in [0.2, 0.25) is 15.9 Å². The Hall–Kier alpha value is -0.660. The van der Waals surface area contributed by atoms with Crippen molar-refractivity contribution in [3.05, 3.63) is 0 Å². The molecule has 0 saturated carbocycles. The number of guanidine groups is 1. The van der Waals surface area contributed by atoms with Crippen molar-refractivity contribution in [3.8, 4) is 0 Å². The van der Waals surface area contributed by atoms with Crippen LogP contribution < -0.4 is 10.6 Å². The number of carbonyl (C=O) groups is 1. The van der Waals surface area contributed by atoms with Crippen molar-refractivity contribution in [2.24, 2.45) is 4.99 Å². The monoisotopic (exact) mass is 547 g/mol. The first kappa shape index (κ1) is 28.3. The first-order valence-electron chi connectivity index (χ1n) is 10.1. The zero-order chi connectivity index (χ0) is 21.2. The number of hydrogen-bond acceptors (Lipinski definition) is 5. The predicted molar refractivity (Wildman–Crippen MR) is 127 cm³/mol. The van der Waals surface area contributed by atoms with Gasteiger partial charge in [0.05, 0.1) is 25.0 Å². The molecule has 1 aliphatic heterocycles. The smallest absolute Gasteiger partial charge is 0.222 e. The van der Waals surface area contributed by atoms with E-state index >= 15 is 0 Å². The van der Waals surface area contributed by atoms with E-state index in [0.717, 1.165) is 5.96 Å². The van der Waals surface area contributed by atoms with Crippen LogP contribution >= 0.6 is 24.0 Å². The lowest BCUT2D eigenvalue weighted by Gasteiger charge is -2.35. The summed E-state index contributed by atoms with van der Waals surface area (Å²) in [5.74, 6) is 0.707. The summed E-state index contributed by atoms with van der Waals surface area (Å²) < 4.78 is 31.8. The van der Waals surface area contributed by atoms with Crippen molar-refractivity contribution in [1.82, 2.24) is 19.8 Å². The molecule has 1 amide bonds. The van der Waals surface area contributed by atoms with E-state index in [1.54, 1.807) is 0 Å². The second kappa shape index (κ2) is 14.4. The third-order valence-corrected chi connectivity index (χ3v) is 5.94. The summed E-state index contributed by atoms with van der Waals surface area (Å²) in [5.41, 5.74) is 0. The molecule has 0 aromatic carbocycles. The zero-order valence-electron chi connectivity index (χ0n) is 18.3. The number of amides is 1. The maximum Gasteiger partial charge on any atom is 0.222 e. The Balaban J connectivity index is 0.00000784. The normalized spacial score (nSPS) is 16.1. The molecule has 0 aliphatic carbocycles. The van der Waals surface area contributed by atoms with Gasteiger partial charge in [0.1, 0.15) is 0 Å². The van der Waals surface area contributed by atoms with Crippen LogP contribution in [0.25, 0.3) is 0 Å². The van der Waals surface area contributed by atoms with Crippen LogP contribution in [0.2, 0.25) is 0 Å². The van der Waals surface area contributed by atoms with Gasteiger partial charge in [0.15, 0.2) is 5.96 Å². The third-order valence-electron chi connectivity index (χ3n) is 4.11. The Kier molecular flexibility index (Phi) is 14.0. The van der Waals surface area contributed by atoms with Crippen LogP contribution in [0.1, 0.15) is 41.0 Å². The highest BCUT2D eigenvalue weighted by Crippen LogP contribution is 2.09. The summed E-state index contributed by atoms with van der Waals surface area (Å²) in [5, 5.41) is 6.07. The van der Waals surface area contributed by atoms with Crippen LogP contribution in [0.3, 0.4) is 0 Å². The lowest BCUT2D eigenvalue weighted by atomic mass is 10.3. The molecule has 0 bridgehead atoms. The fraction of sp³-hybridized carbons (Fsp3) is 0.889. The molecule has 172 valence electrons. The molecule has 9 nitrogen and oxygen atoms in total. The van der Waals surface area contributed by atoms with Gasteiger partial charge in [0, 0.05) is 45.2 Å². The van der Waals surface area contributed by atoms with Crippen LogP contribution in [0, 0.1) is 0 Å². The molecule has 0 radical (unpaired) electrons. The largest absolute Gasteiger partial charge is 0.378 e. The van der Waals surface area contributed by atoms with Gasteiger partial charge < -0.3 is 20.3 Å². The van der Waals surface area contributed by atoms with Crippen molar-refractivity contribution in [3.63, 3.8) is 0 Å². The van der Waals surface area contributed by atoms with Crippen LogP contribution in [0.4, 0.5) is 0 Å². The summed E-state index contributed by atoms with van der Waals surface area (Å²) in [7, 11) is -3.31. The quantitative estimate of drug-likeness (QED) is 0.239. The molecule has 2 N–H and O–H groups in total. The number of nitrogens with zero attached hydrogens (tertiary/aromatic N) is 3. The highest BCUT2D eigenvalue weighted by molar-refractivity contribution is 14.0. The van der Waals surface area contributed by atoms with Crippen molar-refractivity contribution in [2.75, 3.05) is 51.6 Å². The minimum atomic E-state index is -3.31. The van der Waals surface area contributed by atoms with E-state index < -0.39 is 10.0 Å². The van der Waals surface area contributed by atoms with Gasteiger partial charge in [-0.1, -0.05) is 0 Å². The standard InChI is InChI=1S/C18H37N5O4S.HI/c1-6-19-18(20-8-7-17(24)21-15(2)3)22-9-11-23(12-10-22)28(25,26)14-13-27-16(4)5;/h15-16H,6-14H2,1-5H3,(H,19,20)(H,21,24);1H. The van der Waals surface area contributed by atoms with Crippen molar-refractivity contribution < 1.29 is 17.9 Å². The molecule has 0 spiro atoms. The number of piperazine rings is 1. The highest BCUT2D eigenvalue weighted by atomic mass is 127. The Labute approximate surface area is 193 Å². The Morgan fingerprint density at radius 3 is 2.28 bits per heavy atom. The highest BCUT2D eigenvalue weighted by Gasteiger charge is 2.28. The molecule has 29 heavy (non-hydrogen) atoms. The molecule has 0 unspecified atom stereocenters. The second-order valence-corrected chi connectivity index (χ2v) is 9.42. The summed E-state index contributed by atoms with van der Waals surface area (Å²) in [6.07, 6.45) is 0.352. The number of nitrogens with one attached hydrogen (secondary N) is 2. The summed E-state index contributed by atoms with van der Waals surface area (Å²) in [6.45, 7) is 12.9. The maximum absolute atomic E-state index is 12.4. The van der Waals surface area contributed by atoms with E-state index in [1.807, 2.05) is 39.5 Å². The van der Waals surface area contributed by atoms with Crippen molar-refractivity contribution in [2.45, 2.75) is 53.2 Å². The first-order valence-corrected chi connectivity index (χ1v) is 11.7. The number of halogens is 1. The number of carbonyl (C=O) groups excluding carboxylic acids is 1. The van der Waals surface area contributed by atoms with Crippen molar-refractivity contribution >= 4 is 45.9 Å². The van der Waals surface area contributed by atoms with E-state index in [4.69, 9.17) is 4.74 Å². The predicted octanol–water partition coefficient (Wildman–Crippen LogP) is 0.857. The average molecular weight is 548 g/mol. The molecule has 1 aliphatic rings. The fourth-order valence-electron chi connectivity index (χ4n) is 2.78. The molecule has 1 saturated heterocycles. The Morgan fingerprint density at radius 2 is 1.76 bits per heavy atom. The van der Waals surface area contributed by atoms with Gasteiger partial charge in [-0.15, -0.1) is 24.0 Å². The van der Waals surface area contributed by atoms with Gasteiger partial charge >= 0.3 is 0 Å². The van der Waals surface area contributed by atoms with Crippen LogP contribution in [-0.2, 0) is 19.6 Å². The molecular formula is C18H38IN5O4S. The van der Waals surface area contributed by atoms with Crippen LogP contribution in [0.5, 0.6) is 0 Å². The minimum Gasteiger partial charge on any atom is -0.378 e. The summed E-state index contributed by atoms with van der Waals surface area (Å²) in [6, 6.07) is 0.116. The first-order chi connectivity index (χ1) is 13.2. The SMILES string of the molecule is CCNC(=NCCC(=O)NC(C)C)N1CCN(S(=O)(=O)CCOC(C)C)CC1.I. The summed E-state index contributed by atoms with van der Waals surface area (Å²) >= 11 is 0. The van der Waals surface area contributed by atoms with E-state index in [9.17, 15) is 13.2 Å². The summed E-state index contributed by atoms with van der Waals surface area (Å²) in [4.78, 5) is 18.3. The molecule has 0 aromatic heterocycles. The molecular weight excluding hydrogens is 509 g/mol. The van der Waals surface area contributed by atoms with E-state index in [2.05, 4.69) is 15.6 Å². The van der Waals surface area contributed by atoms with Gasteiger partial charge in [-0.2, -0.15) is 4.31 Å². The average Bonchev–Trinajstić information content (AvgIpc) is 2.60. The van der Waals surface area contributed by atoms with Gasteiger partial charge in [0.25, 0.3) is 0 Å². The Morgan fingerprint density at radius 1 is 1.14 bits per heavy atom. The van der Waals surface area contributed by atoms with E-state index in [1.165, 1.54) is 4.31 Å². The van der Waals surface area contributed by atoms with Gasteiger partial charge in [-0.25, -0.2) is 8.42 Å². The molecule has 1 heterocycles.